The molecule has 0 aliphatic heterocycles. The SMILES string of the molecule is COc1cccc(F)c1C(C)NC(C)c1cccnc1. The number of methoxy groups -OCH3 is 1. The van der Waals surface area contributed by atoms with Crippen LogP contribution in [0.2, 0.25) is 0 Å². The molecule has 0 aliphatic rings. The van der Waals surface area contributed by atoms with Gasteiger partial charge in [0.15, 0.2) is 0 Å². The van der Waals surface area contributed by atoms with Gasteiger partial charge in [0.25, 0.3) is 0 Å². The van der Waals surface area contributed by atoms with E-state index in [2.05, 4.69) is 10.3 Å². The molecule has 0 saturated heterocycles. The summed E-state index contributed by atoms with van der Waals surface area (Å²) in [5.41, 5.74) is 1.61. The number of hydrogen-bond donors (Lipinski definition) is 1. The van der Waals surface area contributed by atoms with Crippen LogP contribution in [0.1, 0.15) is 37.1 Å². The molecule has 0 radical (unpaired) electrons. The number of benzene rings is 1. The van der Waals surface area contributed by atoms with Gasteiger partial charge in [-0.15, -0.1) is 0 Å². The molecule has 2 unspecified atom stereocenters. The molecule has 0 spiro atoms. The van der Waals surface area contributed by atoms with E-state index in [0.717, 1.165) is 5.56 Å². The van der Waals surface area contributed by atoms with Crippen molar-refractivity contribution < 1.29 is 9.13 Å². The van der Waals surface area contributed by atoms with E-state index in [9.17, 15) is 4.39 Å². The zero-order valence-electron chi connectivity index (χ0n) is 11.9. The maximum absolute atomic E-state index is 14.0. The molecule has 106 valence electrons. The molecule has 2 rings (SSSR count). The maximum Gasteiger partial charge on any atom is 0.131 e. The van der Waals surface area contributed by atoms with Crippen LogP contribution in [-0.2, 0) is 0 Å². The average molecular weight is 274 g/mol. The molecule has 0 fully saturated rings. The van der Waals surface area contributed by atoms with Crippen LogP contribution in [-0.4, -0.2) is 12.1 Å². The van der Waals surface area contributed by atoms with Crippen LogP contribution in [0.4, 0.5) is 4.39 Å². The highest BCUT2D eigenvalue weighted by atomic mass is 19.1. The number of aromatic nitrogens is 1. The number of nitrogens with one attached hydrogen (secondary N) is 1. The zero-order valence-corrected chi connectivity index (χ0v) is 11.9. The van der Waals surface area contributed by atoms with Crippen molar-refractivity contribution in [2.45, 2.75) is 25.9 Å². The summed E-state index contributed by atoms with van der Waals surface area (Å²) in [6.07, 6.45) is 3.54. The van der Waals surface area contributed by atoms with Gasteiger partial charge in [-0.1, -0.05) is 12.1 Å². The van der Waals surface area contributed by atoms with Crippen molar-refractivity contribution in [3.63, 3.8) is 0 Å². The summed E-state index contributed by atoms with van der Waals surface area (Å²) in [5.74, 6) is 0.297. The second-order valence-corrected chi connectivity index (χ2v) is 4.75. The standard InChI is InChI=1S/C16H19FN2O/c1-11(13-6-5-9-18-10-13)19-12(2)16-14(17)7-4-8-15(16)20-3/h4-12,19H,1-3H3. The largest absolute Gasteiger partial charge is 0.496 e. The molecule has 1 aromatic heterocycles. The summed E-state index contributed by atoms with van der Waals surface area (Å²) in [6.45, 7) is 3.95. The molecule has 2 aromatic rings. The highest BCUT2D eigenvalue weighted by molar-refractivity contribution is 5.37. The molecule has 2 atom stereocenters. The molecule has 0 bridgehead atoms. The summed E-state index contributed by atoms with van der Waals surface area (Å²) in [7, 11) is 1.55. The molecule has 0 aliphatic carbocycles. The monoisotopic (exact) mass is 274 g/mol. The Bertz CT molecular complexity index is 560. The van der Waals surface area contributed by atoms with E-state index < -0.39 is 0 Å². The quantitative estimate of drug-likeness (QED) is 0.903. The van der Waals surface area contributed by atoms with E-state index in [1.165, 1.54) is 6.07 Å². The Morgan fingerprint density at radius 3 is 2.60 bits per heavy atom. The lowest BCUT2D eigenvalue weighted by Gasteiger charge is -2.22. The third-order valence-corrected chi connectivity index (χ3v) is 3.35. The Kier molecular flexibility index (Phi) is 4.69. The van der Waals surface area contributed by atoms with Crippen molar-refractivity contribution in [2.24, 2.45) is 0 Å². The number of rotatable bonds is 5. The van der Waals surface area contributed by atoms with E-state index in [1.54, 1.807) is 25.4 Å². The van der Waals surface area contributed by atoms with Gasteiger partial charge in [0.05, 0.1) is 7.11 Å². The minimum atomic E-state index is -0.261. The van der Waals surface area contributed by atoms with Crippen LogP contribution in [0.25, 0.3) is 0 Å². The van der Waals surface area contributed by atoms with E-state index in [4.69, 9.17) is 4.74 Å². The smallest absolute Gasteiger partial charge is 0.131 e. The summed E-state index contributed by atoms with van der Waals surface area (Å²) in [4.78, 5) is 4.10. The first kappa shape index (κ1) is 14.5. The van der Waals surface area contributed by atoms with Crippen molar-refractivity contribution in [1.29, 1.82) is 0 Å². The van der Waals surface area contributed by atoms with Gasteiger partial charge in [0.1, 0.15) is 11.6 Å². The summed E-state index contributed by atoms with van der Waals surface area (Å²) in [5, 5.41) is 3.37. The number of ether oxygens (including phenoxy) is 1. The van der Waals surface area contributed by atoms with Gasteiger partial charge in [0, 0.05) is 30.0 Å². The van der Waals surface area contributed by atoms with Crippen molar-refractivity contribution in [3.05, 3.63) is 59.7 Å². The van der Waals surface area contributed by atoms with E-state index in [-0.39, 0.29) is 17.9 Å². The number of pyridine rings is 1. The molecule has 1 aromatic carbocycles. The predicted molar refractivity (Wildman–Crippen MR) is 77.2 cm³/mol. The van der Waals surface area contributed by atoms with Gasteiger partial charge in [-0.25, -0.2) is 4.39 Å². The van der Waals surface area contributed by atoms with Crippen molar-refractivity contribution in [3.8, 4) is 5.75 Å². The Labute approximate surface area is 118 Å². The lowest BCUT2D eigenvalue weighted by molar-refractivity contribution is 0.387. The Morgan fingerprint density at radius 1 is 1.15 bits per heavy atom. The van der Waals surface area contributed by atoms with Gasteiger partial charge in [-0.05, 0) is 37.6 Å². The van der Waals surface area contributed by atoms with Crippen LogP contribution in [0.3, 0.4) is 0 Å². The summed E-state index contributed by atoms with van der Waals surface area (Å²) >= 11 is 0. The highest BCUT2D eigenvalue weighted by Crippen LogP contribution is 2.29. The van der Waals surface area contributed by atoms with Crippen molar-refractivity contribution in [1.82, 2.24) is 10.3 Å². The molecular weight excluding hydrogens is 255 g/mol. The Balaban J connectivity index is 2.18. The fourth-order valence-corrected chi connectivity index (χ4v) is 2.30. The number of hydrogen-bond acceptors (Lipinski definition) is 3. The molecule has 0 amide bonds. The Hall–Kier alpha value is -1.94. The summed E-state index contributed by atoms with van der Waals surface area (Å²) in [6, 6.07) is 8.66. The average Bonchev–Trinajstić information content (AvgIpc) is 2.47. The molecule has 1 heterocycles. The minimum absolute atomic E-state index is 0.0722. The van der Waals surface area contributed by atoms with Crippen LogP contribution in [0.5, 0.6) is 5.75 Å². The van der Waals surface area contributed by atoms with Gasteiger partial charge >= 0.3 is 0 Å². The van der Waals surface area contributed by atoms with Crippen LogP contribution < -0.4 is 10.1 Å². The van der Waals surface area contributed by atoms with E-state index >= 15 is 0 Å². The second-order valence-electron chi connectivity index (χ2n) is 4.75. The van der Waals surface area contributed by atoms with Crippen LogP contribution in [0.15, 0.2) is 42.7 Å². The zero-order chi connectivity index (χ0) is 14.5. The number of nitrogens with zero attached hydrogens (tertiary/aromatic N) is 1. The van der Waals surface area contributed by atoms with E-state index in [1.807, 2.05) is 32.2 Å². The first-order valence-corrected chi connectivity index (χ1v) is 6.62. The fourth-order valence-electron chi connectivity index (χ4n) is 2.30. The molecule has 1 N–H and O–H groups in total. The topological polar surface area (TPSA) is 34.1 Å². The second kappa shape index (κ2) is 6.48. The molecule has 20 heavy (non-hydrogen) atoms. The highest BCUT2D eigenvalue weighted by Gasteiger charge is 2.18. The minimum Gasteiger partial charge on any atom is -0.496 e. The van der Waals surface area contributed by atoms with Crippen LogP contribution in [0, 0.1) is 5.82 Å². The first-order chi connectivity index (χ1) is 9.63. The van der Waals surface area contributed by atoms with E-state index in [0.29, 0.717) is 11.3 Å². The van der Waals surface area contributed by atoms with Gasteiger partial charge < -0.3 is 10.1 Å². The third-order valence-electron chi connectivity index (χ3n) is 3.35. The summed E-state index contributed by atoms with van der Waals surface area (Å²) < 4.78 is 19.3. The normalized spacial score (nSPS) is 13.8. The lowest BCUT2D eigenvalue weighted by Crippen LogP contribution is -2.23. The van der Waals surface area contributed by atoms with Gasteiger partial charge in [-0.3, -0.25) is 4.98 Å². The van der Waals surface area contributed by atoms with Gasteiger partial charge in [-0.2, -0.15) is 0 Å². The predicted octanol–water partition coefficient (Wildman–Crippen LogP) is 3.64. The molecule has 3 nitrogen and oxygen atoms in total. The van der Waals surface area contributed by atoms with Gasteiger partial charge in [0.2, 0.25) is 0 Å². The third kappa shape index (κ3) is 3.14. The van der Waals surface area contributed by atoms with Crippen molar-refractivity contribution in [2.75, 3.05) is 7.11 Å². The number of halogens is 1. The van der Waals surface area contributed by atoms with Crippen molar-refractivity contribution >= 4 is 0 Å². The molecular formula is C16H19FN2O. The van der Waals surface area contributed by atoms with Crippen LogP contribution >= 0.6 is 0 Å². The lowest BCUT2D eigenvalue weighted by atomic mass is 10.0. The Morgan fingerprint density at radius 2 is 1.95 bits per heavy atom. The fraction of sp³-hybridized carbons (Fsp3) is 0.312. The maximum atomic E-state index is 14.0. The molecule has 0 saturated carbocycles. The first-order valence-electron chi connectivity index (χ1n) is 6.62. The molecule has 4 heteroatoms.